The predicted molar refractivity (Wildman–Crippen MR) is 76.0 cm³/mol. The highest BCUT2D eigenvalue weighted by Crippen LogP contribution is 2.47. The first-order valence-corrected chi connectivity index (χ1v) is 6.88. The molecule has 23 heavy (non-hydrogen) atoms. The minimum Gasteiger partial charge on any atom is -0.504 e. The number of aromatic hydroxyl groups is 1. The second kappa shape index (κ2) is 4.98. The van der Waals surface area contributed by atoms with Gasteiger partial charge in [0.1, 0.15) is 0 Å². The molecule has 2 aromatic rings. The molecule has 2 heterocycles. The highest BCUT2D eigenvalue weighted by Gasteiger charge is 2.29. The summed E-state index contributed by atoms with van der Waals surface area (Å²) in [6.07, 6.45) is -0.688. The second-order valence-corrected chi connectivity index (χ2v) is 5.04. The van der Waals surface area contributed by atoms with Gasteiger partial charge < -0.3 is 28.8 Å². The lowest BCUT2D eigenvalue weighted by atomic mass is 10.2. The maximum atomic E-state index is 11.0. The number of carbonyl (C=O) groups excluding carboxylic acids is 1. The van der Waals surface area contributed by atoms with Gasteiger partial charge in [-0.25, -0.2) is 0 Å². The molecule has 0 bridgehead atoms. The predicted octanol–water partition coefficient (Wildman–Crippen LogP) is 2.52. The van der Waals surface area contributed by atoms with Gasteiger partial charge in [-0.15, -0.1) is 0 Å². The van der Waals surface area contributed by atoms with Gasteiger partial charge in [-0.3, -0.25) is 4.79 Å². The lowest BCUT2D eigenvalue weighted by molar-refractivity contribution is -0.132. The number of phenols is 1. The minimum absolute atomic E-state index is 0.0196. The normalized spacial score (nSPS) is 17.2. The van der Waals surface area contributed by atoms with E-state index in [1.54, 1.807) is 18.2 Å². The van der Waals surface area contributed by atoms with Crippen molar-refractivity contribution in [2.75, 3.05) is 6.79 Å². The van der Waals surface area contributed by atoms with Crippen LogP contribution in [0.25, 0.3) is 0 Å². The molecular formula is C16H12O7. The number of benzene rings is 2. The number of hydrogen-bond acceptors (Lipinski definition) is 7. The fourth-order valence-corrected chi connectivity index (χ4v) is 2.40. The molecule has 0 saturated carbocycles. The Labute approximate surface area is 130 Å². The average Bonchev–Trinajstić information content (AvgIpc) is 3.12. The summed E-state index contributed by atoms with van der Waals surface area (Å²) >= 11 is 0. The zero-order chi connectivity index (χ0) is 16.0. The Morgan fingerprint density at radius 2 is 1.83 bits per heavy atom. The zero-order valence-electron chi connectivity index (χ0n) is 12.1. The Morgan fingerprint density at radius 3 is 2.61 bits per heavy atom. The molecular weight excluding hydrogens is 304 g/mol. The first-order chi connectivity index (χ1) is 11.1. The number of carbonyl (C=O) groups is 1. The molecule has 7 nitrogen and oxygen atoms in total. The SMILES string of the molecule is CC(=O)Oc1cc2c(cc1O)OC(c1ccc3c(c1)OCO3)O2. The van der Waals surface area contributed by atoms with Crippen molar-refractivity contribution in [3.8, 4) is 34.5 Å². The Hall–Kier alpha value is -3.09. The van der Waals surface area contributed by atoms with Crippen molar-refractivity contribution < 1.29 is 33.6 Å². The molecule has 0 fully saturated rings. The molecule has 0 aromatic heterocycles. The van der Waals surface area contributed by atoms with E-state index in [1.807, 2.05) is 0 Å². The Morgan fingerprint density at radius 1 is 1.09 bits per heavy atom. The van der Waals surface area contributed by atoms with Crippen LogP contribution in [0.15, 0.2) is 30.3 Å². The van der Waals surface area contributed by atoms with Crippen LogP contribution in [-0.4, -0.2) is 17.9 Å². The van der Waals surface area contributed by atoms with E-state index in [1.165, 1.54) is 19.1 Å². The Balaban J connectivity index is 1.61. The highest BCUT2D eigenvalue weighted by molar-refractivity contribution is 5.71. The maximum Gasteiger partial charge on any atom is 0.308 e. The molecule has 0 aliphatic carbocycles. The molecule has 2 aliphatic heterocycles. The number of rotatable bonds is 2. The molecule has 0 amide bonds. The molecule has 118 valence electrons. The highest BCUT2D eigenvalue weighted by atomic mass is 16.7. The first kappa shape index (κ1) is 13.6. The van der Waals surface area contributed by atoms with Crippen molar-refractivity contribution in [3.63, 3.8) is 0 Å². The van der Waals surface area contributed by atoms with Gasteiger partial charge in [-0.1, -0.05) is 0 Å². The van der Waals surface area contributed by atoms with E-state index in [-0.39, 0.29) is 18.3 Å². The van der Waals surface area contributed by atoms with Crippen molar-refractivity contribution in [1.82, 2.24) is 0 Å². The van der Waals surface area contributed by atoms with E-state index < -0.39 is 12.3 Å². The van der Waals surface area contributed by atoms with Crippen LogP contribution in [-0.2, 0) is 4.79 Å². The monoisotopic (exact) mass is 316 g/mol. The molecule has 1 N–H and O–H groups in total. The molecule has 0 spiro atoms. The number of hydrogen-bond donors (Lipinski definition) is 1. The summed E-state index contributed by atoms with van der Waals surface area (Å²) in [4.78, 5) is 11.0. The lowest BCUT2D eigenvalue weighted by Crippen LogP contribution is -2.07. The third-order valence-corrected chi connectivity index (χ3v) is 3.42. The van der Waals surface area contributed by atoms with Gasteiger partial charge in [0.15, 0.2) is 34.5 Å². The summed E-state index contributed by atoms with van der Waals surface area (Å²) in [5, 5.41) is 9.86. The molecule has 7 heteroatoms. The zero-order valence-corrected chi connectivity index (χ0v) is 12.1. The van der Waals surface area contributed by atoms with E-state index >= 15 is 0 Å². The molecule has 0 saturated heterocycles. The van der Waals surface area contributed by atoms with E-state index in [0.29, 0.717) is 23.0 Å². The van der Waals surface area contributed by atoms with Crippen molar-refractivity contribution in [2.24, 2.45) is 0 Å². The van der Waals surface area contributed by atoms with Crippen LogP contribution >= 0.6 is 0 Å². The number of ether oxygens (including phenoxy) is 5. The van der Waals surface area contributed by atoms with Crippen LogP contribution in [0.1, 0.15) is 18.8 Å². The van der Waals surface area contributed by atoms with E-state index in [0.717, 1.165) is 5.56 Å². The van der Waals surface area contributed by atoms with E-state index in [9.17, 15) is 9.90 Å². The van der Waals surface area contributed by atoms with Crippen molar-refractivity contribution in [1.29, 1.82) is 0 Å². The van der Waals surface area contributed by atoms with Gasteiger partial charge in [0.25, 0.3) is 6.29 Å². The van der Waals surface area contributed by atoms with E-state index in [4.69, 9.17) is 23.7 Å². The summed E-state index contributed by atoms with van der Waals surface area (Å²) in [6.45, 7) is 1.43. The summed E-state index contributed by atoms with van der Waals surface area (Å²) in [6, 6.07) is 8.11. The van der Waals surface area contributed by atoms with Crippen molar-refractivity contribution >= 4 is 5.97 Å². The van der Waals surface area contributed by atoms with Crippen LogP contribution < -0.4 is 23.7 Å². The fourth-order valence-electron chi connectivity index (χ4n) is 2.40. The number of phenolic OH excluding ortho intramolecular Hbond substituents is 1. The lowest BCUT2D eigenvalue weighted by Gasteiger charge is -2.10. The topological polar surface area (TPSA) is 83.5 Å². The third kappa shape index (κ3) is 2.36. The largest absolute Gasteiger partial charge is 0.504 e. The Bertz CT molecular complexity index is 799. The smallest absolute Gasteiger partial charge is 0.308 e. The second-order valence-electron chi connectivity index (χ2n) is 5.04. The Kier molecular flexibility index (Phi) is 2.94. The third-order valence-electron chi connectivity index (χ3n) is 3.42. The summed E-state index contributed by atoms with van der Waals surface area (Å²) < 4.78 is 26.9. The van der Waals surface area contributed by atoms with E-state index in [2.05, 4.69) is 0 Å². The minimum atomic E-state index is -0.688. The van der Waals surface area contributed by atoms with Crippen LogP contribution in [0.4, 0.5) is 0 Å². The number of esters is 1. The van der Waals surface area contributed by atoms with Gasteiger partial charge in [0.05, 0.1) is 0 Å². The number of fused-ring (bicyclic) bond motifs is 2. The van der Waals surface area contributed by atoms with Crippen LogP contribution in [0.3, 0.4) is 0 Å². The quantitative estimate of drug-likeness (QED) is 0.673. The van der Waals surface area contributed by atoms with Gasteiger partial charge in [0.2, 0.25) is 6.79 Å². The molecule has 1 unspecified atom stereocenters. The van der Waals surface area contributed by atoms with Gasteiger partial charge in [0, 0.05) is 24.6 Å². The van der Waals surface area contributed by atoms with Crippen LogP contribution in [0.2, 0.25) is 0 Å². The molecule has 4 rings (SSSR count). The van der Waals surface area contributed by atoms with Crippen molar-refractivity contribution in [2.45, 2.75) is 13.2 Å². The first-order valence-electron chi connectivity index (χ1n) is 6.88. The van der Waals surface area contributed by atoms with Crippen LogP contribution in [0, 0.1) is 0 Å². The fraction of sp³-hybridized carbons (Fsp3) is 0.188. The summed E-state index contributed by atoms with van der Waals surface area (Å²) in [5.41, 5.74) is 0.735. The molecule has 2 aliphatic rings. The molecule has 2 aromatic carbocycles. The van der Waals surface area contributed by atoms with Gasteiger partial charge >= 0.3 is 5.97 Å². The van der Waals surface area contributed by atoms with Gasteiger partial charge in [-0.2, -0.15) is 0 Å². The maximum absolute atomic E-state index is 11.0. The van der Waals surface area contributed by atoms with Crippen LogP contribution in [0.5, 0.6) is 34.5 Å². The van der Waals surface area contributed by atoms with Crippen molar-refractivity contribution in [3.05, 3.63) is 35.9 Å². The molecule has 1 atom stereocenters. The average molecular weight is 316 g/mol. The van der Waals surface area contributed by atoms with Gasteiger partial charge in [-0.05, 0) is 18.2 Å². The standard InChI is InChI=1S/C16H12O7/c1-8(17)21-12-6-15-14(5-10(12)18)22-16(23-15)9-2-3-11-13(4-9)20-7-19-11/h2-6,16,18H,7H2,1H3. The summed E-state index contributed by atoms with van der Waals surface area (Å²) in [7, 11) is 0. The molecule has 0 radical (unpaired) electrons. The summed E-state index contributed by atoms with van der Waals surface area (Å²) in [5.74, 6) is 1.31.